The molecule has 4 aromatic rings. The Balaban J connectivity index is 0.000000163. The van der Waals surface area contributed by atoms with Gasteiger partial charge in [-0.1, -0.05) is 66.7 Å². The zero-order chi connectivity index (χ0) is 24.9. The van der Waals surface area contributed by atoms with Crippen LogP contribution in [0.2, 0.25) is 0 Å². The summed E-state index contributed by atoms with van der Waals surface area (Å²) in [5.41, 5.74) is 2.93. The lowest BCUT2D eigenvalue weighted by Gasteiger charge is -1.92. The van der Waals surface area contributed by atoms with Crippen molar-refractivity contribution in [3.63, 3.8) is 0 Å². The summed E-state index contributed by atoms with van der Waals surface area (Å²) in [6.45, 7) is 3.74. The van der Waals surface area contributed by atoms with Gasteiger partial charge in [0, 0.05) is 0 Å². The number of ketones is 1. The summed E-state index contributed by atoms with van der Waals surface area (Å²) in [6.07, 6.45) is 0. The predicted molar refractivity (Wildman–Crippen MR) is 133 cm³/mol. The minimum atomic E-state index is -0.536. The summed E-state index contributed by atoms with van der Waals surface area (Å²) in [7, 11) is 0. The van der Waals surface area contributed by atoms with Crippen LogP contribution >= 0.6 is 0 Å². The second kappa shape index (κ2) is 13.1. The van der Waals surface area contributed by atoms with E-state index in [2.05, 4.69) is 5.32 Å². The van der Waals surface area contributed by atoms with E-state index in [4.69, 9.17) is 15.3 Å². The molecule has 0 radical (unpaired) electrons. The van der Waals surface area contributed by atoms with E-state index in [0.717, 1.165) is 11.1 Å². The van der Waals surface area contributed by atoms with Gasteiger partial charge < -0.3 is 20.6 Å². The molecular weight excluding hydrogens is 430 g/mol. The molecular formula is C28H27NO5. The van der Waals surface area contributed by atoms with Gasteiger partial charge in [-0.3, -0.25) is 9.59 Å². The molecule has 174 valence electrons. The zero-order valence-corrected chi connectivity index (χ0v) is 19.0. The standard InChI is InChI=1S/C8H5NO2.2C7H8O.C6H6O/c10-7-5-3-1-2-4-6(5)9-8(7)11;2*1-6-4-2-3-5-7(6)8;7-6-4-2-1-3-5-6/h1-4H,(H,9,10,11);2*2-5,8H,1H3;1-5,7H. The first-order valence-electron chi connectivity index (χ1n) is 10.5. The van der Waals surface area contributed by atoms with Crippen molar-refractivity contribution in [3.05, 3.63) is 120 Å². The molecule has 0 unspecified atom stereocenters. The van der Waals surface area contributed by atoms with Crippen LogP contribution in [-0.4, -0.2) is 27.0 Å². The largest absolute Gasteiger partial charge is 0.508 e. The van der Waals surface area contributed by atoms with Gasteiger partial charge >= 0.3 is 0 Å². The monoisotopic (exact) mass is 457 g/mol. The first-order valence-corrected chi connectivity index (χ1v) is 10.5. The smallest absolute Gasteiger partial charge is 0.296 e. The van der Waals surface area contributed by atoms with E-state index in [-0.39, 0.29) is 0 Å². The maximum Gasteiger partial charge on any atom is 0.296 e. The molecule has 6 heteroatoms. The highest BCUT2D eigenvalue weighted by molar-refractivity contribution is 6.51. The third-order valence-electron chi connectivity index (χ3n) is 4.61. The van der Waals surface area contributed by atoms with Gasteiger partial charge in [0.2, 0.25) is 0 Å². The van der Waals surface area contributed by atoms with Crippen LogP contribution in [0.4, 0.5) is 5.69 Å². The lowest BCUT2D eigenvalue weighted by atomic mass is 10.1. The summed E-state index contributed by atoms with van der Waals surface area (Å²) in [5.74, 6) is 0.0781. The molecule has 0 saturated carbocycles. The van der Waals surface area contributed by atoms with Crippen LogP contribution in [0.1, 0.15) is 21.5 Å². The number of carbonyl (C=O) groups excluding carboxylic acids is 2. The Morgan fingerprint density at radius 1 is 0.559 bits per heavy atom. The summed E-state index contributed by atoms with van der Waals surface area (Å²) >= 11 is 0. The molecule has 0 atom stereocenters. The van der Waals surface area contributed by atoms with Crippen LogP contribution in [0, 0.1) is 13.8 Å². The zero-order valence-electron chi connectivity index (χ0n) is 19.0. The molecule has 1 heterocycles. The average Bonchev–Trinajstić information content (AvgIpc) is 3.13. The van der Waals surface area contributed by atoms with E-state index in [0.29, 0.717) is 28.5 Å². The predicted octanol–water partition coefficient (Wildman–Crippen LogP) is 5.61. The third kappa shape index (κ3) is 8.16. The van der Waals surface area contributed by atoms with Crippen molar-refractivity contribution in [1.82, 2.24) is 0 Å². The van der Waals surface area contributed by atoms with Crippen molar-refractivity contribution in [1.29, 1.82) is 0 Å². The molecule has 1 aliphatic rings. The van der Waals surface area contributed by atoms with Crippen LogP contribution in [-0.2, 0) is 4.79 Å². The number of rotatable bonds is 0. The van der Waals surface area contributed by atoms with E-state index in [9.17, 15) is 9.59 Å². The fourth-order valence-corrected chi connectivity index (χ4v) is 2.65. The van der Waals surface area contributed by atoms with E-state index in [1.807, 2.05) is 56.3 Å². The first kappa shape index (κ1) is 25.7. The highest BCUT2D eigenvalue weighted by atomic mass is 16.3. The van der Waals surface area contributed by atoms with Crippen molar-refractivity contribution >= 4 is 17.4 Å². The number of fused-ring (bicyclic) bond motifs is 1. The number of aromatic hydroxyl groups is 3. The van der Waals surface area contributed by atoms with Crippen molar-refractivity contribution in [2.75, 3.05) is 5.32 Å². The van der Waals surface area contributed by atoms with Crippen LogP contribution in [0.15, 0.2) is 103 Å². The fraction of sp³-hybridized carbons (Fsp3) is 0.0714. The highest BCUT2D eigenvalue weighted by Gasteiger charge is 2.26. The van der Waals surface area contributed by atoms with Crippen LogP contribution in [0.25, 0.3) is 0 Å². The van der Waals surface area contributed by atoms with Gasteiger partial charge in [0.15, 0.2) is 0 Å². The molecule has 5 rings (SSSR count). The summed E-state index contributed by atoms with van der Waals surface area (Å²) in [6, 6.07) is 30.1. The molecule has 0 bridgehead atoms. The minimum absolute atomic E-state index is 0.322. The van der Waals surface area contributed by atoms with Crippen molar-refractivity contribution in [3.8, 4) is 17.2 Å². The molecule has 4 aromatic carbocycles. The van der Waals surface area contributed by atoms with Crippen LogP contribution in [0.5, 0.6) is 17.2 Å². The van der Waals surface area contributed by atoms with Crippen molar-refractivity contribution < 1.29 is 24.9 Å². The molecule has 0 spiro atoms. The molecule has 4 N–H and O–H groups in total. The maximum absolute atomic E-state index is 11.0. The molecule has 1 aliphatic heterocycles. The summed E-state index contributed by atoms with van der Waals surface area (Å²) in [4.78, 5) is 21.8. The topological polar surface area (TPSA) is 107 Å². The molecule has 0 aromatic heterocycles. The van der Waals surface area contributed by atoms with Gasteiger partial charge in [-0.2, -0.15) is 0 Å². The number of amides is 1. The lowest BCUT2D eigenvalue weighted by Crippen LogP contribution is -2.12. The first-order chi connectivity index (χ1) is 16.3. The van der Waals surface area contributed by atoms with Gasteiger partial charge in [0.25, 0.3) is 11.7 Å². The summed E-state index contributed by atoms with van der Waals surface area (Å²) in [5, 5.41) is 28.9. The average molecular weight is 458 g/mol. The Bertz CT molecular complexity index is 1140. The number of anilines is 1. The number of para-hydroxylation sites is 4. The number of phenols is 3. The van der Waals surface area contributed by atoms with Crippen LogP contribution < -0.4 is 5.32 Å². The number of hydrogen-bond donors (Lipinski definition) is 4. The fourth-order valence-electron chi connectivity index (χ4n) is 2.65. The maximum atomic E-state index is 11.0. The molecule has 0 aliphatic carbocycles. The van der Waals surface area contributed by atoms with Gasteiger partial charge in [0.1, 0.15) is 17.2 Å². The Hall–Kier alpha value is -4.58. The molecule has 6 nitrogen and oxygen atoms in total. The van der Waals surface area contributed by atoms with Crippen molar-refractivity contribution in [2.24, 2.45) is 0 Å². The number of carbonyl (C=O) groups is 2. The Labute approximate surface area is 198 Å². The van der Waals surface area contributed by atoms with E-state index < -0.39 is 11.7 Å². The second-order valence-electron chi connectivity index (χ2n) is 7.24. The van der Waals surface area contributed by atoms with Gasteiger partial charge in [-0.15, -0.1) is 0 Å². The quantitative estimate of drug-likeness (QED) is 0.257. The Kier molecular flexibility index (Phi) is 9.88. The van der Waals surface area contributed by atoms with Gasteiger partial charge in [0.05, 0.1) is 11.3 Å². The lowest BCUT2D eigenvalue weighted by molar-refractivity contribution is -0.112. The van der Waals surface area contributed by atoms with Crippen LogP contribution in [0.3, 0.4) is 0 Å². The summed E-state index contributed by atoms with van der Waals surface area (Å²) < 4.78 is 0. The molecule has 1 amide bonds. The van der Waals surface area contributed by atoms with Gasteiger partial charge in [-0.05, 0) is 61.4 Å². The SMILES string of the molecule is Cc1ccccc1O.Cc1ccccc1O.O=C1Nc2ccccc2C1=O.Oc1ccccc1. The molecule has 34 heavy (non-hydrogen) atoms. The van der Waals surface area contributed by atoms with Crippen molar-refractivity contribution in [2.45, 2.75) is 13.8 Å². The minimum Gasteiger partial charge on any atom is -0.508 e. The van der Waals surface area contributed by atoms with Gasteiger partial charge in [-0.25, -0.2) is 0 Å². The normalized spacial score (nSPS) is 10.8. The molecule has 0 saturated heterocycles. The van der Waals surface area contributed by atoms with E-state index in [1.165, 1.54) is 0 Å². The second-order valence-corrected chi connectivity index (χ2v) is 7.24. The Morgan fingerprint density at radius 2 is 1.00 bits per heavy atom. The number of phenolic OH excluding ortho intramolecular Hbond substituents is 3. The number of hydrogen-bond acceptors (Lipinski definition) is 5. The van der Waals surface area contributed by atoms with E-state index >= 15 is 0 Å². The number of aryl methyl sites for hydroxylation is 2. The highest BCUT2D eigenvalue weighted by Crippen LogP contribution is 2.21. The third-order valence-corrected chi connectivity index (χ3v) is 4.61. The Morgan fingerprint density at radius 3 is 1.38 bits per heavy atom. The number of benzene rings is 4. The number of Topliss-reactive ketones (excluding diaryl/α,β-unsaturated/α-hetero) is 1. The molecule has 0 fully saturated rings. The van der Waals surface area contributed by atoms with E-state index in [1.54, 1.807) is 60.7 Å². The number of nitrogens with one attached hydrogen (secondary N) is 1.